The highest BCUT2D eigenvalue weighted by atomic mass is 32.2. The highest BCUT2D eigenvalue weighted by molar-refractivity contribution is 7.89. The molecule has 0 aliphatic carbocycles. The van der Waals surface area contributed by atoms with E-state index in [1.807, 2.05) is 13.8 Å². The Balaban J connectivity index is 1.82. The molecule has 3 heterocycles. The van der Waals surface area contributed by atoms with Crippen molar-refractivity contribution in [3.8, 4) is 6.01 Å². The van der Waals surface area contributed by atoms with Crippen LogP contribution < -0.4 is 4.74 Å². The summed E-state index contributed by atoms with van der Waals surface area (Å²) in [5.41, 5.74) is 1.12. The predicted octanol–water partition coefficient (Wildman–Crippen LogP) is 2.24. The molecule has 1 atom stereocenters. The lowest BCUT2D eigenvalue weighted by Crippen LogP contribution is -2.44. The van der Waals surface area contributed by atoms with Crippen LogP contribution in [0.4, 0.5) is 4.39 Å². The third-order valence-corrected chi connectivity index (χ3v) is 6.67. The first-order chi connectivity index (χ1) is 12.7. The van der Waals surface area contributed by atoms with Gasteiger partial charge in [0.1, 0.15) is 11.0 Å². The lowest BCUT2D eigenvalue weighted by atomic mass is 10.1. The van der Waals surface area contributed by atoms with Gasteiger partial charge in [-0.05, 0) is 40.5 Å². The zero-order chi connectivity index (χ0) is 19.8. The van der Waals surface area contributed by atoms with Gasteiger partial charge >= 0.3 is 6.01 Å². The molecule has 27 heavy (non-hydrogen) atoms. The molecule has 0 amide bonds. The molecule has 2 aromatic rings. The Hall–Kier alpha value is -2.07. The number of halogens is 1. The van der Waals surface area contributed by atoms with Crippen molar-refractivity contribution < 1.29 is 17.5 Å². The number of hydrogen-bond acceptors (Lipinski definition) is 6. The number of aryl methyl sites for hydroxylation is 1. The van der Waals surface area contributed by atoms with Crippen LogP contribution in [0.3, 0.4) is 0 Å². The summed E-state index contributed by atoms with van der Waals surface area (Å²) in [6.07, 6.45) is 2.98. The molecule has 3 rings (SSSR count). The highest BCUT2D eigenvalue weighted by Crippen LogP contribution is 2.28. The summed E-state index contributed by atoms with van der Waals surface area (Å²) in [6, 6.07) is 0.112. The van der Waals surface area contributed by atoms with Gasteiger partial charge in [0, 0.05) is 12.6 Å². The minimum absolute atomic E-state index is 0.0423. The summed E-state index contributed by atoms with van der Waals surface area (Å²) < 4.78 is 48.2. The molecule has 0 bridgehead atoms. The van der Waals surface area contributed by atoms with Crippen LogP contribution in [0.5, 0.6) is 6.01 Å². The van der Waals surface area contributed by atoms with Gasteiger partial charge in [-0.15, -0.1) is 0 Å². The number of piperidine rings is 1. The first-order valence-corrected chi connectivity index (χ1v) is 10.3. The van der Waals surface area contributed by atoms with Crippen molar-refractivity contribution in [3.63, 3.8) is 0 Å². The van der Waals surface area contributed by atoms with Crippen LogP contribution in [-0.2, 0) is 10.0 Å². The van der Waals surface area contributed by atoms with E-state index in [9.17, 15) is 12.8 Å². The molecular weight excluding hydrogens is 373 g/mol. The average molecular weight is 397 g/mol. The summed E-state index contributed by atoms with van der Waals surface area (Å²) in [7, 11) is -3.70. The van der Waals surface area contributed by atoms with Gasteiger partial charge in [0.15, 0.2) is 5.82 Å². The van der Waals surface area contributed by atoms with Gasteiger partial charge in [-0.1, -0.05) is 0 Å². The topological polar surface area (TPSA) is 90.2 Å². The Morgan fingerprint density at radius 2 is 1.93 bits per heavy atom. The zero-order valence-corrected chi connectivity index (χ0v) is 16.7. The van der Waals surface area contributed by atoms with Crippen LogP contribution in [0, 0.1) is 19.7 Å². The minimum atomic E-state index is -3.70. The Kier molecular flexibility index (Phi) is 5.48. The van der Waals surface area contributed by atoms with E-state index < -0.39 is 15.8 Å². The van der Waals surface area contributed by atoms with Gasteiger partial charge in [0.05, 0.1) is 30.3 Å². The SMILES string of the molecule is Cc1nn(C(C)C)c(C)c1S(=O)(=O)N1CCCC(Oc2ncc(F)cn2)C1. The van der Waals surface area contributed by atoms with Gasteiger partial charge in [-0.2, -0.15) is 9.40 Å². The quantitative estimate of drug-likeness (QED) is 0.769. The third kappa shape index (κ3) is 3.96. The largest absolute Gasteiger partial charge is 0.459 e. The molecule has 2 aromatic heterocycles. The molecule has 1 aliphatic rings. The maximum absolute atomic E-state index is 13.2. The smallest absolute Gasteiger partial charge is 0.316 e. The van der Waals surface area contributed by atoms with E-state index in [1.165, 1.54) is 4.31 Å². The van der Waals surface area contributed by atoms with Crippen LogP contribution in [0.15, 0.2) is 17.3 Å². The Morgan fingerprint density at radius 3 is 2.52 bits per heavy atom. The minimum Gasteiger partial charge on any atom is -0.459 e. The molecule has 1 fully saturated rings. The lowest BCUT2D eigenvalue weighted by molar-refractivity contribution is 0.119. The van der Waals surface area contributed by atoms with Crippen molar-refractivity contribution in [2.45, 2.75) is 57.6 Å². The monoisotopic (exact) mass is 397 g/mol. The summed E-state index contributed by atoms with van der Waals surface area (Å²) in [4.78, 5) is 7.82. The van der Waals surface area contributed by atoms with E-state index in [4.69, 9.17) is 4.74 Å². The van der Waals surface area contributed by atoms with Gasteiger partial charge in [-0.25, -0.2) is 22.8 Å². The molecule has 0 spiro atoms. The fourth-order valence-corrected chi connectivity index (χ4v) is 5.25. The number of sulfonamides is 1. The van der Waals surface area contributed by atoms with Crippen LogP contribution in [0.1, 0.15) is 44.1 Å². The molecule has 0 saturated carbocycles. The van der Waals surface area contributed by atoms with Crippen molar-refractivity contribution in [3.05, 3.63) is 29.6 Å². The maximum atomic E-state index is 13.2. The summed E-state index contributed by atoms with van der Waals surface area (Å²) >= 11 is 0. The first kappa shape index (κ1) is 19.7. The van der Waals surface area contributed by atoms with Crippen LogP contribution in [0.25, 0.3) is 0 Å². The molecular formula is C17H24FN5O3S. The summed E-state index contributed by atoms with van der Waals surface area (Å²) in [5, 5.41) is 4.39. The maximum Gasteiger partial charge on any atom is 0.316 e. The molecule has 1 aliphatic heterocycles. The van der Waals surface area contributed by atoms with E-state index >= 15 is 0 Å². The number of ether oxygens (including phenoxy) is 1. The molecule has 10 heteroatoms. The summed E-state index contributed by atoms with van der Waals surface area (Å²) in [6.45, 7) is 8.01. The normalized spacial score (nSPS) is 18.8. The predicted molar refractivity (Wildman–Crippen MR) is 96.5 cm³/mol. The van der Waals surface area contributed by atoms with Crippen LogP contribution in [-0.4, -0.2) is 51.7 Å². The molecule has 0 radical (unpaired) electrons. The van der Waals surface area contributed by atoms with E-state index in [0.717, 1.165) is 12.4 Å². The molecule has 148 valence electrons. The van der Waals surface area contributed by atoms with Crippen molar-refractivity contribution in [1.82, 2.24) is 24.1 Å². The second-order valence-corrected chi connectivity index (χ2v) is 8.84. The van der Waals surface area contributed by atoms with Crippen molar-refractivity contribution in [1.29, 1.82) is 0 Å². The average Bonchev–Trinajstić information content (AvgIpc) is 2.92. The number of aromatic nitrogens is 4. The van der Waals surface area contributed by atoms with E-state index in [-0.39, 0.29) is 29.6 Å². The van der Waals surface area contributed by atoms with Gasteiger partial charge < -0.3 is 4.74 Å². The van der Waals surface area contributed by atoms with Crippen molar-refractivity contribution >= 4 is 10.0 Å². The standard InChI is InChI=1S/C17H24FN5O3S/c1-11(2)23-13(4)16(12(3)21-23)27(24,25)22-7-5-6-15(10-22)26-17-19-8-14(18)9-20-17/h8-9,11,15H,5-7,10H2,1-4H3. The van der Waals surface area contributed by atoms with Gasteiger partial charge in [-0.3, -0.25) is 4.68 Å². The Morgan fingerprint density at radius 1 is 1.26 bits per heavy atom. The van der Waals surface area contributed by atoms with E-state index in [2.05, 4.69) is 15.1 Å². The number of rotatable bonds is 5. The molecule has 0 aromatic carbocycles. The van der Waals surface area contributed by atoms with E-state index in [1.54, 1.807) is 18.5 Å². The van der Waals surface area contributed by atoms with Crippen molar-refractivity contribution in [2.24, 2.45) is 0 Å². The fourth-order valence-electron chi connectivity index (χ4n) is 3.38. The molecule has 8 nitrogen and oxygen atoms in total. The van der Waals surface area contributed by atoms with Crippen LogP contribution >= 0.6 is 0 Å². The fraction of sp³-hybridized carbons (Fsp3) is 0.588. The molecule has 1 saturated heterocycles. The second-order valence-electron chi connectivity index (χ2n) is 6.97. The highest BCUT2D eigenvalue weighted by Gasteiger charge is 2.35. The Labute approximate surface area is 158 Å². The molecule has 1 unspecified atom stereocenters. The van der Waals surface area contributed by atoms with Crippen molar-refractivity contribution in [2.75, 3.05) is 13.1 Å². The van der Waals surface area contributed by atoms with Gasteiger partial charge in [0.2, 0.25) is 10.0 Å². The van der Waals surface area contributed by atoms with E-state index in [0.29, 0.717) is 30.8 Å². The number of nitrogens with zero attached hydrogens (tertiary/aromatic N) is 5. The Bertz CT molecular complexity index is 911. The first-order valence-electron chi connectivity index (χ1n) is 8.90. The zero-order valence-electron chi connectivity index (χ0n) is 15.9. The van der Waals surface area contributed by atoms with Gasteiger partial charge in [0.25, 0.3) is 0 Å². The third-order valence-electron chi connectivity index (χ3n) is 4.56. The lowest BCUT2D eigenvalue weighted by Gasteiger charge is -2.31. The van der Waals surface area contributed by atoms with Crippen LogP contribution in [0.2, 0.25) is 0 Å². The summed E-state index contributed by atoms with van der Waals surface area (Å²) in [5.74, 6) is -0.552. The molecule has 0 N–H and O–H groups in total. The number of hydrogen-bond donors (Lipinski definition) is 0. The second kappa shape index (κ2) is 7.51.